The summed E-state index contributed by atoms with van der Waals surface area (Å²) >= 11 is 0. The lowest BCUT2D eigenvalue weighted by atomic mass is 10.0. The Bertz CT molecular complexity index is 1730. The number of carboxylic acids is 2. The van der Waals surface area contributed by atoms with E-state index in [-0.39, 0.29) is 67.6 Å². The number of ether oxygens (including phenoxy) is 5. The standard InChI is InChI=1S/C47H73N3O14S/c51-40(18-17-27-60-30-33-63-37-47(56)57)36-62-32-31-61-29-26-48-45(53)20-14-11-10-13-19-43(52)39-34-49-44(50-35-39)38-65(58,59)42-24-22-41(23-25-42)64-28-16-12-8-6-4-2-1-3-5-7-9-15-21-46(54)55/h22-25,34-35H,1-21,26-33,36-38H2,(H,48,53)(H,54,55)(H,56,57). The predicted octanol–water partition coefficient (Wildman–Crippen LogP) is 7.13. The smallest absolute Gasteiger partial charge is 0.329 e. The van der Waals surface area contributed by atoms with Crippen LogP contribution in [-0.4, -0.2) is 124 Å². The Morgan fingerprint density at radius 1 is 0.523 bits per heavy atom. The van der Waals surface area contributed by atoms with Crippen LogP contribution in [0.5, 0.6) is 5.75 Å². The van der Waals surface area contributed by atoms with Crippen LogP contribution in [0.25, 0.3) is 0 Å². The number of benzene rings is 1. The molecule has 2 rings (SSSR count). The van der Waals surface area contributed by atoms with E-state index in [0.29, 0.717) is 82.8 Å². The number of carbonyl (C=O) groups excluding carboxylic acids is 3. The second kappa shape index (κ2) is 36.8. The molecule has 0 unspecified atom stereocenters. The number of unbranched alkanes of at least 4 members (excludes halogenated alkanes) is 14. The van der Waals surface area contributed by atoms with Crippen molar-refractivity contribution in [2.75, 3.05) is 66.0 Å². The topological polar surface area (TPSA) is 244 Å². The number of aromatic nitrogens is 2. The maximum absolute atomic E-state index is 13.0. The fraction of sp³-hybridized carbons (Fsp3) is 0.681. The van der Waals surface area contributed by atoms with Gasteiger partial charge in [-0.15, -0.1) is 0 Å². The molecule has 0 bridgehead atoms. The summed E-state index contributed by atoms with van der Waals surface area (Å²) in [6, 6.07) is 6.35. The molecule has 1 heterocycles. The molecule has 1 aromatic heterocycles. The number of ketones is 2. The molecule has 0 saturated carbocycles. The highest BCUT2D eigenvalue weighted by molar-refractivity contribution is 7.90. The van der Waals surface area contributed by atoms with Crippen molar-refractivity contribution in [1.82, 2.24) is 15.3 Å². The third kappa shape index (κ3) is 31.2. The van der Waals surface area contributed by atoms with Crippen molar-refractivity contribution in [2.24, 2.45) is 0 Å². The zero-order valence-corrected chi connectivity index (χ0v) is 39.0. The van der Waals surface area contributed by atoms with Crippen molar-refractivity contribution < 1.29 is 66.3 Å². The van der Waals surface area contributed by atoms with E-state index in [4.69, 9.17) is 33.9 Å². The molecule has 0 saturated heterocycles. The molecule has 366 valence electrons. The van der Waals surface area contributed by atoms with E-state index < -0.39 is 27.5 Å². The maximum atomic E-state index is 13.0. The Morgan fingerprint density at radius 3 is 1.65 bits per heavy atom. The van der Waals surface area contributed by atoms with Crippen LogP contribution in [0.1, 0.15) is 151 Å². The second-order valence-corrected chi connectivity index (χ2v) is 17.9. The van der Waals surface area contributed by atoms with Crippen molar-refractivity contribution in [3.8, 4) is 5.75 Å². The highest BCUT2D eigenvalue weighted by Gasteiger charge is 2.18. The van der Waals surface area contributed by atoms with Gasteiger partial charge in [0.2, 0.25) is 5.91 Å². The third-order valence-electron chi connectivity index (χ3n) is 10.2. The summed E-state index contributed by atoms with van der Waals surface area (Å²) in [6.07, 6.45) is 20.8. The Hall–Kier alpha value is -4.36. The second-order valence-electron chi connectivity index (χ2n) is 15.9. The summed E-state index contributed by atoms with van der Waals surface area (Å²) in [7, 11) is -3.71. The number of rotatable bonds is 44. The number of nitrogens with zero attached hydrogens (tertiary/aromatic N) is 2. The minimum Gasteiger partial charge on any atom is -0.494 e. The molecule has 3 N–H and O–H groups in total. The third-order valence-corrected chi connectivity index (χ3v) is 11.8. The van der Waals surface area contributed by atoms with Crippen molar-refractivity contribution in [3.05, 3.63) is 48.0 Å². The van der Waals surface area contributed by atoms with Crippen molar-refractivity contribution in [2.45, 2.75) is 145 Å². The van der Waals surface area contributed by atoms with Gasteiger partial charge in [0.1, 0.15) is 30.5 Å². The van der Waals surface area contributed by atoms with Crippen LogP contribution in [0.3, 0.4) is 0 Å². The molecule has 1 aromatic carbocycles. The summed E-state index contributed by atoms with van der Waals surface area (Å²) in [5.41, 5.74) is 0.321. The Morgan fingerprint density at radius 2 is 1.05 bits per heavy atom. The monoisotopic (exact) mass is 935 g/mol. The van der Waals surface area contributed by atoms with E-state index in [1.54, 1.807) is 12.1 Å². The van der Waals surface area contributed by atoms with E-state index in [0.717, 1.165) is 51.4 Å². The Balaban J connectivity index is 1.45. The average Bonchev–Trinajstić information content (AvgIpc) is 3.28. The fourth-order valence-electron chi connectivity index (χ4n) is 6.55. The zero-order valence-electron chi connectivity index (χ0n) is 38.2. The molecular weight excluding hydrogens is 863 g/mol. The van der Waals surface area contributed by atoms with Crippen molar-refractivity contribution in [1.29, 1.82) is 0 Å². The molecule has 0 aliphatic heterocycles. The van der Waals surface area contributed by atoms with Gasteiger partial charge in [-0.25, -0.2) is 23.2 Å². The van der Waals surface area contributed by atoms with Gasteiger partial charge in [-0.1, -0.05) is 77.0 Å². The van der Waals surface area contributed by atoms with E-state index >= 15 is 0 Å². The number of carboxylic acid groups (broad SMARTS) is 2. The first-order chi connectivity index (χ1) is 31.5. The van der Waals surface area contributed by atoms with Gasteiger partial charge in [-0.05, 0) is 56.4 Å². The summed E-state index contributed by atoms with van der Waals surface area (Å²) in [5, 5.41) is 19.9. The minimum atomic E-state index is -3.71. The molecular formula is C47H73N3O14S. The quantitative estimate of drug-likeness (QED) is 0.0442. The highest BCUT2D eigenvalue weighted by Crippen LogP contribution is 2.20. The first-order valence-electron chi connectivity index (χ1n) is 23.3. The number of carbonyl (C=O) groups is 5. The molecule has 18 heteroatoms. The summed E-state index contributed by atoms with van der Waals surface area (Å²) in [6.45, 7) is 2.20. The number of hydrogen-bond acceptors (Lipinski definition) is 14. The van der Waals surface area contributed by atoms with Crippen LogP contribution in [0.2, 0.25) is 0 Å². The van der Waals surface area contributed by atoms with Gasteiger partial charge in [0.05, 0.1) is 50.1 Å². The number of aliphatic carboxylic acids is 2. The number of hydrogen-bond donors (Lipinski definition) is 3. The normalized spacial score (nSPS) is 11.4. The van der Waals surface area contributed by atoms with Crippen molar-refractivity contribution >= 4 is 39.2 Å². The van der Waals surface area contributed by atoms with Crippen LogP contribution in [0.15, 0.2) is 41.6 Å². The van der Waals surface area contributed by atoms with Crippen LogP contribution in [0, 0.1) is 0 Å². The van der Waals surface area contributed by atoms with E-state index in [2.05, 4.69) is 15.3 Å². The molecule has 0 spiro atoms. The number of sulfone groups is 1. The van der Waals surface area contributed by atoms with Gasteiger partial charge in [0, 0.05) is 51.2 Å². The Kier molecular flexibility index (Phi) is 32.1. The van der Waals surface area contributed by atoms with Crippen LogP contribution in [-0.2, 0) is 53.7 Å². The highest BCUT2D eigenvalue weighted by atomic mass is 32.2. The van der Waals surface area contributed by atoms with Gasteiger partial charge in [0.15, 0.2) is 21.4 Å². The zero-order chi connectivity index (χ0) is 47.2. The molecule has 2 aromatic rings. The average molecular weight is 936 g/mol. The summed E-state index contributed by atoms with van der Waals surface area (Å²) < 4.78 is 52.8. The Labute approximate surface area is 385 Å². The van der Waals surface area contributed by atoms with Gasteiger partial charge < -0.3 is 39.2 Å². The molecule has 0 aliphatic rings. The first-order valence-corrected chi connectivity index (χ1v) is 24.9. The maximum Gasteiger partial charge on any atom is 0.329 e. The van der Waals surface area contributed by atoms with Gasteiger partial charge in [-0.2, -0.15) is 0 Å². The van der Waals surface area contributed by atoms with Crippen LogP contribution < -0.4 is 10.1 Å². The van der Waals surface area contributed by atoms with E-state index in [9.17, 15) is 32.4 Å². The number of Topliss-reactive ketones (excluding diaryl/α,β-unsaturated/α-hetero) is 2. The lowest BCUT2D eigenvalue weighted by Gasteiger charge is -2.08. The summed E-state index contributed by atoms with van der Waals surface area (Å²) in [4.78, 5) is 66.0. The predicted molar refractivity (Wildman–Crippen MR) is 243 cm³/mol. The minimum absolute atomic E-state index is 0.0203. The molecule has 65 heavy (non-hydrogen) atoms. The lowest BCUT2D eigenvalue weighted by molar-refractivity contribution is -0.143. The molecule has 17 nitrogen and oxygen atoms in total. The molecule has 0 aliphatic carbocycles. The number of nitrogens with one attached hydrogen (secondary N) is 1. The summed E-state index contributed by atoms with van der Waals surface area (Å²) in [5.74, 6) is -1.69. The fourth-order valence-corrected chi connectivity index (χ4v) is 7.76. The number of amides is 1. The van der Waals surface area contributed by atoms with Crippen molar-refractivity contribution in [3.63, 3.8) is 0 Å². The molecule has 1 amide bonds. The van der Waals surface area contributed by atoms with Crippen LogP contribution in [0.4, 0.5) is 0 Å². The van der Waals surface area contributed by atoms with Crippen LogP contribution >= 0.6 is 0 Å². The first kappa shape index (κ1) is 56.8. The SMILES string of the molecule is O=C(O)CCCCCCCCCCCCCCOc1ccc(S(=O)(=O)Cc2ncc(C(=O)CCCCCCC(=O)NCCOCCOCC(=O)CCCOCCOCC(=O)O)cn2)cc1. The van der Waals surface area contributed by atoms with Gasteiger partial charge in [-0.3, -0.25) is 19.2 Å². The molecule has 0 radical (unpaired) electrons. The van der Waals surface area contributed by atoms with Gasteiger partial charge in [0.25, 0.3) is 0 Å². The molecule has 0 fully saturated rings. The molecule has 0 atom stereocenters. The van der Waals surface area contributed by atoms with E-state index in [1.807, 2.05) is 0 Å². The largest absolute Gasteiger partial charge is 0.494 e. The van der Waals surface area contributed by atoms with Gasteiger partial charge >= 0.3 is 11.9 Å². The van der Waals surface area contributed by atoms with E-state index in [1.165, 1.54) is 63.1 Å². The lowest BCUT2D eigenvalue weighted by Crippen LogP contribution is -2.27.